The molecule has 3 heterocycles. The molecule has 1 N–H and O–H groups in total. The molecule has 0 radical (unpaired) electrons. The van der Waals surface area contributed by atoms with Gasteiger partial charge in [0.25, 0.3) is 0 Å². The minimum absolute atomic E-state index is 0.00444. The molecule has 166 valence electrons. The summed E-state index contributed by atoms with van der Waals surface area (Å²) in [5.41, 5.74) is 2.03. The van der Waals surface area contributed by atoms with Crippen molar-refractivity contribution in [1.82, 2.24) is 40.4 Å². The zero-order valence-electron chi connectivity index (χ0n) is 18.2. The van der Waals surface area contributed by atoms with Crippen LogP contribution in [0.2, 0.25) is 0 Å². The third kappa shape index (κ3) is 4.88. The summed E-state index contributed by atoms with van der Waals surface area (Å²) in [5.74, 6) is 1.17. The van der Waals surface area contributed by atoms with Crippen molar-refractivity contribution in [3.05, 3.63) is 78.7 Å². The lowest BCUT2D eigenvalue weighted by molar-refractivity contribution is -0.127. The zero-order valence-corrected chi connectivity index (χ0v) is 18.2. The van der Waals surface area contributed by atoms with Crippen LogP contribution in [0.25, 0.3) is 0 Å². The number of nitrogens with one attached hydrogen (secondary N) is 1. The van der Waals surface area contributed by atoms with Gasteiger partial charge in [0, 0.05) is 31.0 Å². The molecule has 9 heteroatoms. The van der Waals surface area contributed by atoms with Crippen molar-refractivity contribution in [1.29, 1.82) is 0 Å². The molecule has 1 saturated heterocycles. The number of carbonyl (C=O) groups is 1. The third-order valence-corrected chi connectivity index (χ3v) is 6.05. The average molecular weight is 433 g/mol. The molecule has 9 nitrogen and oxygen atoms in total. The smallest absolute Gasteiger partial charge is 0.245 e. The molecule has 1 aromatic carbocycles. The summed E-state index contributed by atoms with van der Waals surface area (Å²) < 4.78 is 1.85. The topological polar surface area (TPSA) is 102 Å². The Labute approximate surface area is 187 Å². The number of hydrogen-bond acceptors (Lipinski definition) is 7. The van der Waals surface area contributed by atoms with Crippen LogP contribution in [-0.2, 0) is 4.79 Å². The van der Waals surface area contributed by atoms with E-state index < -0.39 is 0 Å². The Kier molecular flexibility index (Phi) is 6.96. The molecular formula is C23H28N8O. The molecule has 0 saturated carbocycles. The van der Waals surface area contributed by atoms with Crippen LogP contribution < -0.4 is 5.32 Å². The van der Waals surface area contributed by atoms with Crippen molar-refractivity contribution in [3.8, 4) is 0 Å². The number of benzene rings is 1. The fourth-order valence-corrected chi connectivity index (χ4v) is 4.13. The van der Waals surface area contributed by atoms with E-state index in [-0.39, 0.29) is 18.0 Å². The van der Waals surface area contributed by atoms with E-state index in [1.54, 1.807) is 12.4 Å². The van der Waals surface area contributed by atoms with E-state index in [0.29, 0.717) is 5.92 Å². The molecule has 0 aliphatic carbocycles. The van der Waals surface area contributed by atoms with Crippen molar-refractivity contribution in [2.45, 2.75) is 31.8 Å². The standard InChI is InChI=1S/C23H28N8O/c1-3-21(32)30-11-9-18(10-12-30)13-26-22(20-14-24-16-25-15-20)23-27-28-29-31(23)17(2)19-7-5-4-6-8-19/h3-8,14-18,22,26H,1,9-13H2,2H3. The predicted octanol–water partition coefficient (Wildman–Crippen LogP) is 2.18. The summed E-state index contributed by atoms with van der Waals surface area (Å²) in [4.78, 5) is 22.1. The molecular weight excluding hydrogens is 404 g/mol. The Morgan fingerprint density at radius 1 is 1.19 bits per heavy atom. The van der Waals surface area contributed by atoms with Gasteiger partial charge in [-0.25, -0.2) is 14.6 Å². The zero-order chi connectivity index (χ0) is 22.3. The van der Waals surface area contributed by atoms with E-state index in [9.17, 15) is 4.79 Å². The maximum Gasteiger partial charge on any atom is 0.245 e. The van der Waals surface area contributed by atoms with E-state index in [1.807, 2.05) is 27.8 Å². The molecule has 2 aromatic heterocycles. The quantitative estimate of drug-likeness (QED) is 0.544. The van der Waals surface area contributed by atoms with Gasteiger partial charge in [-0.3, -0.25) is 4.79 Å². The lowest BCUT2D eigenvalue weighted by atomic mass is 9.96. The van der Waals surface area contributed by atoms with E-state index in [4.69, 9.17) is 0 Å². The first-order valence-electron chi connectivity index (χ1n) is 10.9. The van der Waals surface area contributed by atoms with Crippen LogP contribution in [0, 0.1) is 5.92 Å². The van der Waals surface area contributed by atoms with Crippen LogP contribution in [0.3, 0.4) is 0 Å². The maximum atomic E-state index is 11.9. The molecule has 32 heavy (non-hydrogen) atoms. The second kappa shape index (κ2) is 10.2. The lowest BCUT2D eigenvalue weighted by Crippen LogP contribution is -2.41. The van der Waals surface area contributed by atoms with Crippen molar-refractivity contribution in [3.63, 3.8) is 0 Å². The number of carbonyl (C=O) groups excluding carboxylic acids is 1. The van der Waals surface area contributed by atoms with Crippen LogP contribution >= 0.6 is 0 Å². The molecule has 2 atom stereocenters. The summed E-state index contributed by atoms with van der Waals surface area (Å²) in [6, 6.07) is 9.90. The fraction of sp³-hybridized carbons (Fsp3) is 0.391. The summed E-state index contributed by atoms with van der Waals surface area (Å²) in [6.07, 6.45) is 8.37. The number of rotatable bonds is 8. The van der Waals surface area contributed by atoms with E-state index in [2.05, 4.69) is 56.4 Å². The van der Waals surface area contributed by atoms with Crippen molar-refractivity contribution >= 4 is 5.91 Å². The number of likely N-dealkylation sites (tertiary alicyclic amines) is 1. The van der Waals surface area contributed by atoms with E-state index >= 15 is 0 Å². The lowest BCUT2D eigenvalue weighted by Gasteiger charge is -2.32. The number of hydrogen-bond donors (Lipinski definition) is 1. The van der Waals surface area contributed by atoms with Gasteiger partial charge in [-0.15, -0.1) is 5.10 Å². The summed E-state index contributed by atoms with van der Waals surface area (Å²) >= 11 is 0. The van der Waals surface area contributed by atoms with Crippen LogP contribution in [-0.4, -0.2) is 60.6 Å². The molecule has 0 bridgehead atoms. The molecule has 1 aliphatic heterocycles. The maximum absolute atomic E-state index is 11.9. The van der Waals surface area contributed by atoms with Crippen molar-refractivity contribution in [2.75, 3.05) is 19.6 Å². The van der Waals surface area contributed by atoms with E-state index in [1.165, 1.54) is 12.4 Å². The number of tetrazole rings is 1. The Morgan fingerprint density at radius 3 is 2.59 bits per heavy atom. The van der Waals surface area contributed by atoms with Crippen LogP contribution in [0.4, 0.5) is 0 Å². The van der Waals surface area contributed by atoms with E-state index in [0.717, 1.165) is 49.4 Å². The highest BCUT2D eigenvalue weighted by Gasteiger charge is 2.27. The first-order chi connectivity index (χ1) is 15.7. The fourth-order valence-electron chi connectivity index (χ4n) is 4.13. The second-order valence-electron chi connectivity index (χ2n) is 8.05. The SMILES string of the molecule is C=CC(=O)N1CCC(CNC(c2cncnc2)c2nnnn2C(C)c2ccccc2)CC1. The Morgan fingerprint density at radius 2 is 1.91 bits per heavy atom. The first kappa shape index (κ1) is 21.8. The first-order valence-corrected chi connectivity index (χ1v) is 10.9. The second-order valence-corrected chi connectivity index (χ2v) is 8.05. The van der Waals surface area contributed by atoms with Gasteiger partial charge in [-0.2, -0.15) is 0 Å². The van der Waals surface area contributed by atoms with Gasteiger partial charge in [-0.05, 0) is 54.3 Å². The minimum atomic E-state index is -0.245. The van der Waals surface area contributed by atoms with Gasteiger partial charge in [0.2, 0.25) is 5.91 Å². The highest BCUT2D eigenvalue weighted by molar-refractivity contribution is 5.87. The minimum Gasteiger partial charge on any atom is -0.339 e. The van der Waals surface area contributed by atoms with Gasteiger partial charge < -0.3 is 10.2 Å². The van der Waals surface area contributed by atoms with Crippen LogP contribution in [0.1, 0.15) is 48.8 Å². The highest BCUT2D eigenvalue weighted by Crippen LogP contribution is 2.25. The summed E-state index contributed by atoms with van der Waals surface area (Å²) in [6.45, 7) is 7.95. The van der Waals surface area contributed by atoms with Crippen LogP contribution in [0.15, 0.2) is 61.7 Å². The van der Waals surface area contributed by atoms with Gasteiger partial charge in [0.05, 0.1) is 12.1 Å². The average Bonchev–Trinajstić information content (AvgIpc) is 3.34. The van der Waals surface area contributed by atoms with Gasteiger partial charge in [-0.1, -0.05) is 36.9 Å². The Balaban J connectivity index is 1.52. The number of aromatic nitrogens is 6. The summed E-state index contributed by atoms with van der Waals surface area (Å²) in [7, 11) is 0. The number of nitrogens with zero attached hydrogens (tertiary/aromatic N) is 7. The van der Waals surface area contributed by atoms with Gasteiger partial charge >= 0.3 is 0 Å². The molecule has 3 aromatic rings. The highest BCUT2D eigenvalue weighted by atomic mass is 16.2. The predicted molar refractivity (Wildman–Crippen MR) is 119 cm³/mol. The van der Waals surface area contributed by atoms with Crippen LogP contribution in [0.5, 0.6) is 0 Å². The number of amides is 1. The molecule has 0 spiro atoms. The Bertz CT molecular complexity index is 1010. The largest absolute Gasteiger partial charge is 0.339 e. The molecule has 1 amide bonds. The van der Waals surface area contributed by atoms with Gasteiger partial charge in [0.15, 0.2) is 5.82 Å². The Hall–Kier alpha value is -3.46. The molecule has 4 rings (SSSR count). The molecule has 1 aliphatic rings. The summed E-state index contributed by atoms with van der Waals surface area (Å²) in [5, 5.41) is 16.3. The monoisotopic (exact) mass is 432 g/mol. The number of piperidine rings is 1. The molecule has 2 unspecified atom stereocenters. The van der Waals surface area contributed by atoms with Crippen molar-refractivity contribution < 1.29 is 4.79 Å². The third-order valence-electron chi connectivity index (χ3n) is 6.05. The molecule has 1 fully saturated rings. The van der Waals surface area contributed by atoms with Gasteiger partial charge in [0.1, 0.15) is 6.33 Å². The van der Waals surface area contributed by atoms with Crippen molar-refractivity contribution in [2.24, 2.45) is 5.92 Å². The normalized spacial score (nSPS) is 16.5.